The molecule has 20 heavy (non-hydrogen) atoms. The molecule has 0 spiro atoms. The summed E-state index contributed by atoms with van der Waals surface area (Å²) in [5.41, 5.74) is 0.355. The van der Waals surface area contributed by atoms with Gasteiger partial charge in [-0.25, -0.2) is 0 Å². The third-order valence-corrected chi connectivity index (χ3v) is 4.22. The van der Waals surface area contributed by atoms with Gasteiger partial charge in [-0.2, -0.15) is 0 Å². The molecule has 2 saturated heterocycles. The van der Waals surface area contributed by atoms with Gasteiger partial charge in [0, 0.05) is 11.9 Å². The largest absolute Gasteiger partial charge is 0.461 e. The molecule has 104 valence electrons. The predicted octanol–water partition coefficient (Wildman–Crippen LogP) is 1.42. The van der Waals surface area contributed by atoms with E-state index in [1.54, 1.807) is 0 Å². The number of rotatable bonds is 4. The number of benzene rings is 1. The molecule has 2 heterocycles. The zero-order chi connectivity index (χ0) is 14.2. The summed E-state index contributed by atoms with van der Waals surface area (Å²) in [6.07, 6.45) is 0.0718. The van der Waals surface area contributed by atoms with Crippen LogP contribution in [0.4, 0.5) is 0 Å². The molecular weight excluding hydrogens is 255 g/mol. The van der Waals surface area contributed by atoms with E-state index in [1.807, 2.05) is 37.3 Å². The lowest BCUT2D eigenvalue weighted by Gasteiger charge is -2.29. The monoisotopic (exact) mass is 272 g/mol. The summed E-state index contributed by atoms with van der Waals surface area (Å²) in [5.74, 6) is -0.166. The first-order chi connectivity index (χ1) is 9.61. The Kier molecular flexibility index (Phi) is 3.56. The number of esters is 1. The van der Waals surface area contributed by atoms with Crippen LogP contribution >= 0.6 is 0 Å². The highest BCUT2D eigenvalue weighted by molar-refractivity contribution is 6.11. The summed E-state index contributed by atoms with van der Waals surface area (Å²) in [5, 5.41) is 0. The van der Waals surface area contributed by atoms with Crippen molar-refractivity contribution < 1.29 is 19.0 Å². The molecule has 0 amide bonds. The van der Waals surface area contributed by atoms with Gasteiger partial charge in [-0.15, -0.1) is 0 Å². The first-order valence-corrected chi connectivity index (χ1v) is 6.85. The van der Waals surface area contributed by atoms with Gasteiger partial charge in [-0.1, -0.05) is 37.3 Å². The minimum absolute atomic E-state index is 0.113. The van der Waals surface area contributed by atoms with Crippen molar-refractivity contribution in [2.45, 2.75) is 37.7 Å². The molecule has 0 aliphatic carbocycles. The van der Waals surface area contributed by atoms with E-state index < -0.39 is 11.6 Å². The number of hydrogen-bond acceptors (Lipinski definition) is 4. The molecule has 2 fully saturated rings. The second-order valence-corrected chi connectivity index (χ2v) is 5.53. The van der Waals surface area contributed by atoms with E-state index in [0.717, 1.165) is 5.56 Å². The van der Waals surface area contributed by atoms with Gasteiger partial charge in [-0.05, 0) is 5.56 Å². The average molecular weight is 272 g/mol. The molecule has 2 aliphatic rings. The minimum Gasteiger partial charge on any atom is -0.461 e. The quantitative estimate of drug-likeness (QED) is 0.614. The average Bonchev–Trinajstić information content (AvgIpc) is 2.86. The summed E-state index contributed by atoms with van der Waals surface area (Å²) in [6.45, 7) is 2.70. The van der Waals surface area contributed by atoms with Gasteiger partial charge in [0.25, 0.3) is 0 Å². The van der Waals surface area contributed by atoms with Crippen LogP contribution in [0, 0.1) is 5.92 Å². The fourth-order valence-corrected chi connectivity index (χ4v) is 2.96. The third kappa shape index (κ3) is 2.36. The van der Waals surface area contributed by atoms with Crippen molar-refractivity contribution in [3.63, 3.8) is 0 Å². The van der Waals surface area contributed by atoms with Crippen LogP contribution in [0.2, 0.25) is 0 Å². The molecule has 0 N–H and O–H groups in total. The van der Waals surface area contributed by atoms with Gasteiger partial charge in [0.1, 0.15) is 20.1 Å². The Balaban J connectivity index is 1.57. The lowest BCUT2D eigenvalue weighted by atomic mass is 9.84. The Bertz CT molecular complexity index is 492. The second kappa shape index (κ2) is 5.22. The van der Waals surface area contributed by atoms with E-state index in [2.05, 4.69) is 0 Å². The van der Waals surface area contributed by atoms with Crippen LogP contribution in [-0.4, -0.2) is 38.1 Å². The Morgan fingerprint density at radius 1 is 1.45 bits per heavy atom. The Morgan fingerprint density at radius 2 is 2.20 bits per heavy atom. The maximum atomic E-state index is 12.0. The number of carbonyl (C=O) groups excluding carboxylic acids is 1. The number of hydrogen-bond donors (Lipinski definition) is 0. The standard InChI is InChI=1S/C15H17BO4/c1-10-13-14(16)20-15(10,9-19-13)7-12(17)18-8-11-5-3-2-4-6-11/h2-6,10,13-14H,7-9H2,1H3/t10?,13?,14-,15-/m1/s1. The van der Waals surface area contributed by atoms with E-state index in [1.165, 1.54) is 0 Å². The lowest BCUT2D eigenvalue weighted by Crippen LogP contribution is -2.40. The van der Waals surface area contributed by atoms with E-state index >= 15 is 0 Å². The molecule has 2 radical (unpaired) electrons. The topological polar surface area (TPSA) is 44.8 Å². The van der Waals surface area contributed by atoms with E-state index in [9.17, 15) is 4.79 Å². The fourth-order valence-electron chi connectivity index (χ4n) is 2.96. The van der Waals surface area contributed by atoms with Crippen LogP contribution in [0.25, 0.3) is 0 Å². The number of carbonyl (C=O) groups is 1. The summed E-state index contributed by atoms with van der Waals surface area (Å²) >= 11 is 0. The van der Waals surface area contributed by atoms with Gasteiger partial charge >= 0.3 is 5.97 Å². The molecule has 0 saturated carbocycles. The normalized spacial score (nSPS) is 35.1. The van der Waals surface area contributed by atoms with Gasteiger partial charge in [0.05, 0.1) is 19.1 Å². The molecule has 5 heteroatoms. The van der Waals surface area contributed by atoms with Crippen molar-refractivity contribution in [2.75, 3.05) is 6.61 Å². The molecule has 0 aromatic heterocycles. The first kappa shape index (κ1) is 13.6. The van der Waals surface area contributed by atoms with Crippen molar-refractivity contribution in [2.24, 2.45) is 5.92 Å². The highest BCUT2D eigenvalue weighted by atomic mass is 16.6. The maximum absolute atomic E-state index is 12.0. The van der Waals surface area contributed by atoms with E-state index in [0.29, 0.717) is 6.61 Å². The third-order valence-electron chi connectivity index (χ3n) is 4.22. The van der Waals surface area contributed by atoms with Crippen LogP contribution < -0.4 is 0 Å². The SMILES string of the molecule is [B][C@@H]1O[C@]2(CC(=O)OCc3ccccc3)COC1C2C. The molecule has 2 aliphatic heterocycles. The Hall–Kier alpha value is -1.33. The fraction of sp³-hybridized carbons (Fsp3) is 0.533. The van der Waals surface area contributed by atoms with Gasteiger partial charge in [0.2, 0.25) is 0 Å². The highest BCUT2D eigenvalue weighted by Crippen LogP contribution is 2.45. The van der Waals surface area contributed by atoms with Crippen molar-refractivity contribution in [1.82, 2.24) is 0 Å². The lowest BCUT2D eigenvalue weighted by molar-refractivity contribution is -0.160. The first-order valence-electron chi connectivity index (χ1n) is 6.85. The van der Waals surface area contributed by atoms with Crippen molar-refractivity contribution in [3.8, 4) is 0 Å². The van der Waals surface area contributed by atoms with Crippen LogP contribution in [0.1, 0.15) is 18.9 Å². The summed E-state index contributed by atoms with van der Waals surface area (Å²) in [7, 11) is 5.84. The van der Waals surface area contributed by atoms with E-state index in [-0.39, 0.29) is 31.0 Å². The van der Waals surface area contributed by atoms with Crippen LogP contribution in [0.3, 0.4) is 0 Å². The van der Waals surface area contributed by atoms with Gasteiger partial charge in [-0.3, -0.25) is 4.79 Å². The van der Waals surface area contributed by atoms with Crippen molar-refractivity contribution in [3.05, 3.63) is 35.9 Å². The zero-order valence-corrected chi connectivity index (χ0v) is 11.5. The molecule has 2 bridgehead atoms. The van der Waals surface area contributed by atoms with Crippen molar-refractivity contribution >= 4 is 13.8 Å². The minimum atomic E-state index is -0.613. The smallest absolute Gasteiger partial charge is 0.309 e. The van der Waals surface area contributed by atoms with Crippen LogP contribution in [-0.2, 0) is 25.6 Å². The van der Waals surface area contributed by atoms with E-state index in [4.69, 9.17) is 22.1 Å². The summed E-state index contributed by atoms with van der Waals surface area (Å²) in [6, 6.07) is 9.16. The molecule has 3 rings (SSSR count). The molecular formula is C15H17BO4. The van der Waals surface area contributed by atoms with Crippen LogP contribution in [0.5, 0.6) is 0 Å². The Labute approximate surface area is 119 Å². The molecule has 2 unspecified atom stereocenters. The summed E-state index contributed by atoms with van der Waals surface area (Å²) in [4.78, 5) is 12.0. The summed E-state index contributed by atoms with van der Waals surface area (Å²) < 4.78 is 16.6. The molecule has 1 aromatic carbocycles. The second-order valence-electron chi connectivity index (χ2n) is 5.53. The van der Waals surface area contributed by atoms with Crippen molar-refractivity contribution in [1.29, 1.82) is 0 Å². The number of fused-ring (bicyclic) bond motifs is 2. The maximum Gasteiger partial charge on any atom is 0.309 e. The van der Waals surface area contributed by atoms with Gasteiger partial charge in [0.15, 0.2) is 0 Å². The predicted molar refractivity (Wildman–Crippen MR) is 73.1 cm³/mol. The number of ether oxygens (including phenoxy) is 3. The molecule has 1 aromatic rings. The molecule has 4 nitrogen and oxygen atoms in total. The highest BCUT2D eigenvalue weighted by Gasteiger charge is 2.58. The zero-order valence-electron chi connectivity index (χ0n) is 11.5. The molecule has 4 atom stereocenters. The Morgan fingerprint density at radius 3 is 2.80 bits per heavy atom. The van der Waals surface area contributed by atoms with Gasteiger partial charge < -0.3 is 14.2 Å². The van der Waals surface area contributed by atoms with Crippen LogP contribution in [0.15, 0.2) is 30.3 Å².